The summed E-state index contributed by atoms with van der Waals surface area (Å²) in [5, 5.41) is 1.50. The van der Waals surface area contributed by atoms with Gasteiger partial charge < -0.3 is 14.8 Å². The van der Waals surface area contributed by atoms with Crippen molar-refractivity contribution in [3.05, 3.63) is 56.6 Å². The molecule has 0 saturated heterocycles. The number of allylic oxidation sites excluding steroid dienone is 1. The normalized spacial score (nSPS) is 16.8. The van der Waals surface area contributed by atoms with E-state index in [-0.39, 0.29) is 5.70 Å². The molecule has 0 saturated carbocycles. The molecule has 13 heteroatoms. The monoisotopic (exact) mass is 498 g/mol. The third kappa shape index (κ3) is 5.45. The van der Waals surface area contributed by atoms with Crippen molar-refractivity contribution in [1.82, 2.24) is 5.32 Å². The summed E-state index contributed by atoms with van der Waals surface area (Å²) in [6.07, 6.45) is -5.97. The molecule has 2 rings (SSSR count). The second kappa shape index (κ2) is 10.5. The molecule has 33 heavy (non-hydrogen) atoms. The molecule has 1 aliphatic rings. The molecule has 0 amide bonds. The van der Waals surface area contributed by atoms with Crippen LogP contribution in [0, 0.1) is 5.82 Å². The quantitative estimate of drug-likeness (QED) is 0.336. The van der Waals surface area contributed by atoms with Gasteiger partial charge in [-0.25, -0.2) is 24.3 Å². The molecule has 1 aromatic carbocycles. The zero-order valence-corrected chi connectivity index (χ0v) is 18.4. The lowest BCUT2D eigenvalue weighted by atomic mass is 9.78. The number of alkyl halides is 4. The fourth-order valence-corrected chi connectivity index (χ4v) is 3.68. The molecule has 0 radical (unpaired) electrons. The first kappa shape index (κ1) is 26.6. The highest BCUT2D eigenvalue weighted by molar-refractivity contribution is 6.31. The molecule has 1 atom stereocenters. The lowest BCUT2D eigenvalue weighted by molar-refractivity contribution is -0.144. The largest absolute Gasteiger partial charge is 0.466 e. The van der Waals surface area contributed by atoms with E-state index in [1.807, 2.05) is 0 Å². The van der Waals surface area contributed by atoms with Gasteiger partial charge in [-0.3, -0.25) is 4.84 Å². The van der Waals surface area contributed by atoms with Crippen LogP contribution in [0.5, 0.6) is 0 Å². The predicted octanol–water partition coefficient (Wildman–Crippen LogP) is 3.68. The zero-order valence-electron chi connectivity index (χ0n) is 17.6. The van der Waals surface area contributed by atoms with E-state index in [1.54, 1.807) is 0 Å². The van der Waals surface area contributed by atoms with E-state index < -0.39 is 82.2 Å². The van der Waals surface area contributed by atoms with E-state index in [9.17, 15) is 27.2 Å². The van der Waals surface area contributed by atoms with Crippen molar-refractivity contribution in [2.75, 3.05) is 20.4 Å². The Labute approximate surface area is 190 Å². The maximum absolute atomic E-state index is 15.1. The van der Waals surface area contributed by atoms with Gasteiger partial charge in [0.2, 0.25) is 0 Å². The number of methoxy groups -OCH3 is 1. The third-order valence-electron chi connectivity index (χ3n) is 4.57. The second-order valence-electron chi connectivity index (χ2n) is 7.05. The van der Waals surface area contributed by atoms with Gasteiger partial charge in [0, 0.05) is 5.56 Å². The van der Waals surface area contributed by atoms with Crippen molar-refractivity contribution in [3.8, 4) is 0 Å². The van der Waals surface area contributed by atoms with Crippen molar-refractivity contribution in [2.24, 2.45) is 5.90 Å². The molecule has 1 aromatic rings. The molecule has 0 fully saturated rings. The first-order chi connectivity index (χ1) is 15.4. The van der Waals surface area contributed by atoms with E-state index >= 15 is 4.39 Å². The van der Waals surface area contributed by atoms with E-state index in [2.05, 4.69) is 14.9 Å². The number of benzene rings is 1. The predicted molar refractivity (Wildman–Crippen MR) is 106 cm³/mol. The van der Waals surface area contributed by atoms with Crippen LogP contribution >= 0.6 is 11.6 Å². The lowest BCUT2D eigenvalue weighted by Crippen LogP contribution is -2.38. The molecule has 0 aromatic heterocycles. The Hall–Kier alpha value is -2.70. The van der Waals surface area contributed by atoms with Crippen LogP contribution < -0.4 is 11.2 Å². The molecular formula is C20H20ClF5N2O5. The summed E-state index contributed by atoms with van der Waals surface area (Å²) >= 11 is 5.76. The number of hydrogen-bond donors (Lipinski definition) is 2. The van der Waals surface area contributed by atoms with Crippen LogP contribution in [0.4, 0.5) is 22.0 Å². The number of esters is 2. The summed E-state index contributed by atoms with van der Waals surface area (Å²) in [5.41, 5.74) is -5.18. The van der Waals surface area contributed by atoms with Crippen LogP contribution in [0.15, 0.2) is 34.7 Å². The van der Waals surface area contributed by atoms with Crippen LogP contribution in [0.2, 0.25) is 5.02 Å². The number of nitrogens with one attached hydrogen (secondary N) is 1. The highest BCUT2D eigenvalue weighted by Gasteiger charge is 2.47. The maximum Gasteiger partial charge on any atom is 0.418 e. The van der Waals surface area contributed by atoms with Gasteiger partial charge in [0.1, 0.15) is 19.1 Å². The molecule has 1 heterocycles. The summed E-state index contributed by atoms with van der Waals surface area (Å²) in [5.74, 6) is -1.04. The highest BCUT2D eigenvalue weighted by Crippen LogP contribution is 2.48. The zero-order chi connectivity index (χ0) is 25.1. The van der Waals surface area contributed by atoms with Gasteiger partial charge in [0.25, 0.3) is 0 Å². The van der Waals surface area contributed by atoms with Gasteiger partial charge in [-0.15, -0.1) is 0 Å². The molecule has 3 N–H and O–H groups in total. The molecular weight excluding hydrogens is 479 g/mol. The summed E-state index contributed by atoms with van der Waals surface area (Å²) in [7, 11) is 0.885. The summed E-state index contributed by atoms with van der Waals surface area (Å²) < 4.78 is 80.6. The Morgan fingerprint density at radius 1 is 1.18 bits per heavy atom. The molecule has 1 unspecified atom stereocenters. The van der Waals surface area contributed by atoms with Crippen molar-refractivity contribution < 1.29 is 45.9 Å². The fourth-order valence-electron chi connectivity index (χ4n) is 3.41. The molecule has 182 valence electrons. The van der Waals surface area contributed by atoms with Crippen LogP contribution in [0.25, 0.3) is 0 Å². The van der Waals surface area contributed by atoms with Crippen LogP contribution in [-0.2, 0) is 30.1 Å². The fraction of sp³-hybridized carbons (Fsp3) is 0.400. The van der Waals surface area contributed by atoms with Gasteiger partial charge in [0.05, 0.1) is 52.3 Å². The minimum atomic E-state index is -5.21. The van der Waals surface area contributed by atoms with Crippen molar-refractivity contribution in [2.45, 2.75) is 32.0 Å². The van der Waals surface area contributed by atoms with E-state index in [1.165, 1.54) is 13.8 Å². The summed E-state index contributed by atoms with van der Waals surface area (Å²) in [4.78, 5) is 30.0. The van der Waals surface area contributed by atoms with Crippen molar-refractivity contribution in [1.29, 1.82) is 0 Å². The average Bonchev–Trinajstić information content (AvgIpc) is 2.72. The molecule has 0 aliphatic carbocycles. The molecule has 0 spiro atoms. The Morgan fingerprint density at radius 3 is 2.27 bits per heavy atom. The van der Waals surface area contributed by atoms with Crippen LogP contribution in [-0.4, -0.2) is 38.4 Å². The minimum absolute atomic E-state index is 0.332. The highest BCUT2D eigenvalue weighted by atomic mass is 35.5. The van der Waals surface area contributed by atoms with Gasteiger partial charge >= 0.3 is 18.1 Å². The van der Waals surface area contributed by atoms with Crippen molar-refractivity contribution >= 4 is 23.5 Å². The van der Waals surface area contributed by atoms with Gasteiger partial charge in [0.15, 0.2) is 0 Å². The van der Waals surface area contributed by atoms with E-state index in [4.69, 9.17) is 22.2 Å². The molecule has 0 bridgehead atoms. The number of rotatable bonds is 7. The smallest absolute Gasteiger partial charge is 0.418 e. The van der Waals surface area contributed by atoms with Crippen LogP contribution in [0.1, 0.15) is 30.9 Å². The standard InChI is InChI=1S/C20H20ClF5N2O5/c1-8(2)33-19(30)15-12(7-32-27)28-11(6-22)14(18(29)31-3)16(15)13-10(23)5-4-9(21)17(13)20(24,25)26/h4-5,8,16,28H,6-7,27H2,1-3H3. The maximum atomic E-state index is 15.1. The Morgan fingerprint density at radius 2 is 1.79 bits per heavy atom. The number of carbonyl (C=O) groups excluding carboxylic acids is 2. The number of carbonyl (C=O) groups is 2. The molecule has 7 nitrogen and oxygen atoms in total. The first-order valence-electron chi connectivity index (χ1n) is 9.34. The Kier molecular flexibility index (Phi) is 8.44. The topological polar surface area (TPSA) is 99.9 Å². The summed E-state index contributed by atoms with van der Waals surface area (Å²) in [6, 6.07) is 1.30. The Balaban J connectivity index is 3.04. The number of nitrogens with two attached hydrogens (primary N) is 1. The SMILES string of the molecule is COC(=O)C1=C(CF)NC(CON)=C(C(=O)OC(C)C)C1c1c(F)ccc(Cl)c1C(F)(F)F. The molecule has 1 aliphatic heterocycles. The number of dihydropyridines is 1. The minimum Gasteiger partial charge on any atom is -0.466 e. The number of halogens is 6. The average molecular weight is 499 g/mol. The first-order valence-corrected chi connectivity index (χ1v) is 9.71. The lowest BCUT2D eigenvalue weighted by Gasteiger charge is -2.33. The number of ether oxygens (including phenoxy) is 2. The van der Waals surface area contributed by atoms with Crippen molar-refractivity contribution in [3.63, 3.8) is 0 Å². The van der Waals surface area contributed by atoms with E-state index in [0.717, 1.165) is 7.11 Å². The Bertz CT molecular complexity index is 1010. The van der Waals surface area contributed by atoms with Gasteiger partial charge in [-0.05, 0) is 26.0 Å². The number of hydrogen-bond acceptors (Lipinski definition) is 7. The summed E-state index contributed by atoms with van der Waals surface area (Å²) in [6.45, 7) is 0.855. The van der Waals surface area contributed by atoms with Gasteiger partial charge in [-0.1, -0.05) is 11.6 Å². The third-order valence-corrected chi connectivity index (χ3v) is 4.89. The van der Waals surface area contributed by atoms with Crippen LogP contribution in [0.3, 0.4) is 0 Å². The van der Waals surface area contributed by atoms with Gasteiger partial charge in [-0.2, -0.15) is 13.2 Å². The van der Waals surface area contributed by atoms with E-state index in [0.29, 0.717) is 12.1 Å². The second-order valence-corrected chi connectivity index (χ2v) is 7.46.